The first-order chi connectivity index (χ1) is 13.3. The van der Waals surface area contributed by atoms with Crippen molar-refractivity contribution < 1.29 is 14.3 Å². The number of thiophene rings is 1. The molecule has 0 saturated heterocycles. The third-order valence-electron chi connectivity index (χ3n) is 4.83. The molecule has 0 radical (unpaired) electrons. The zero-order valence-electron chi connectivity index (χ0n) is 15.9. The summed E-state index contributed by atoms with van der Waals surface area (Å²) in [5.41, 5.74) is 5.10. The first-order valence-electron chi connectivity index (χ1n) is 9.26. The predicted octanol–water partition coefficient (Wildman–Crippen LogP) is 1.75. The van der Waals surface area contributed by atoms with Crippen LogP contribution in [0.4, 0.5) is 5.82 Å². The summed E-state index contributed by atoms with van der Waals surface area (Å²) >= 11 is 1.39. The van der Waals surface area contributed by atoms with Gasteiger partial charge in [0.25, 0.3) is 5.56 Å². The lowest BCUT2D eigenvalue weighted by Gasteiger charge is -2.16. The third kappa shape index (κ3) is 3.94. The number of hydrogen-bond acceptors (Lipinski definition) is 7. The minimum absolute atomic E-state index is 0.211. The van der Waals surface area contributed by atoms with Crippen LogP contribution >= 0.6 is 11.3 Å². The molecule has 0 unspecified atom stereocenters. The fourth-order valence-corrected chi connectivity index (χ4v) is 4.49. The summed E-state index contributed by atoms with van der Waals surface area (Å²) in [4.78, 5) is 52.3. The van der Waals surface area contributed by atoms with Crippen molar-refractivity contribution in [2.24, 2.45) is 5.92 Å². The Balaban J connectivity index is 1.74. The molecule has 8 nitrogen and oxygen atoms in total. The number of nitrogens with one attached hydrogen (secondary N) is 1. The Bertz CT molecular complexity index is 1030. The number of anilines is 1. The summed E-state index contributed by atoms with van der Waals surface area (Å²) < 4.78 is 6.25. The van der Waals surface area contributed by atoms with Crippen molar-refractivity contribution in [1.29, 1.82) is 0 Å². The number of carbonyl (C=O) groups is 2. The van der Waals surface area contributed by atoms with Gasteiger partial charge in [-0.05, 0) is 43.2 Å². The van der Waals surface area contributed by atoms with Gasteiger partial charge >= 0.3 is 11.7 Å². The predicted molar refractivity (Wildman–Crippen MR) is 106 cm³/mol. The van der Waals surface area contributed by atoms with Crippen LogP contribution in [0.25, 0.3) is 0 Å². The SMILES string of the molecule is CCCn1c(N)c(C(=O)COC(=O)c2cc3c(s2)CC[C@@H](C)C3)c(=O)[nH]c1=O. The molecule has 1 atom stereocenters. The van der Waals surface area contributed by atoms with E-state index in [9.17, 15) is 19.2 Å². The smallest absolute Gasteiger partial charge is 0.348 e. The monoisotopic (exact) mass is 405 g/mol. The third-order valence-corrected chi connectivity index (χ3v) is 6.05. The van der Waals surface area contributed by atoms with Crippen LogP contribution in [0.2, 0.25) is 0 Å². The molecule has 1 aliphatic carbocycles. The zero-order chi connectivity index (χ0) is 20.4. The second-order valence-corrected chi connectivity index (χ2v) is 8.21. The largest absolute Gasteiger partial charge is 0.453 e. The highest BCUT2D eigenvalue weighted by Gasteiger charge is 2.24. The van der Waals surface area contributed by atoms with Gasteiger partial charge < -0.3 is 10.5 Å². The first-order valence-corrected chi connectivity index (χ1v) is 10.1. The lowest BCUT2D eigenvalue weighted by Crippen LogP contribution is -2.37. The number of hydrogen-bond donors (Lipinski definition) is 2. The molecule has 0 aromatic carbocycles. The minimum atomic E-state index is -0.878. The summed E-state index contributed by atoms with van der Waals surface area (Å²) in [6.45, 7) is 3.66. The molecule has 2 aromatic heterocycles. The van der Waals surface area contributed by atoms with Gasteiger partial charge in [-0.1, -0.05) is 13.8 Å². The van der Waals surface area contributed by atoms with Gasteiger partial charge in [0.2, 0.25) is 5.78 Å². The van der Waals surface area contributed by atoms with Crippen molar-refractivity contribution >= 4 is 28.9 Å². The number of ether oxygens (including phenoxy) is 1. The number of nitrogens with two attached hydrogens (primary N) is 1. The molecule has 0 spiro atoms. The number of aromatic amines is 1. The number of rotatable bonds is 6. The van der Waals surface area contributed by atoms with Crippen molar-refractivity contribution in [3.63, 3.8) is 0 Å². The normalized spacial score (nSPS) is 15.9. The molecule has 3 rings (SSSR count). The van der Waals surface area contributed by atoms with E-state index in [1.54, 1.807) is 0 Å². The number of H-pyrrole nitrogens is 1. The summed E-state index contributed by atoms with van der Waals surface area (Å²) in [6, 6.07) is 1.82. The molecule has 1 aliphatic rings. The van der Waals surface area contributed by atoms with Crippen LogP contribution in [0, 0.1) is 5.92 Å². The Morgan fingerprint density at radius 2 is 2.14 bits per heavy atom. The van der Waals surface area contributed by atoms with Crippen LogP contribution < -0.4 is 17.0 Å². The van der Waals surface area contributed by atoms with Crippen molar-refractivity contribution in [3.8, 4) is 0 Å². The molecule has 0 fully saturated rings. The second-order valence-electron chi connectivity index (χ2n) is 7.08. The number of nitrogens with zero attached hydrogens (tertiary/aromatic N) is 1. The van der Waals surface area contributed by atoms with E-state index in [0.717, 1.165) is 29.4 Å². The van der Waals surface area contributed by atoms with E-state index in [1.807, 2.05) is 13.0 Å². The maximum absolute atomic E-state index is 12.4. The molecule has 3 N–H and O–H groups in total. The Kier molecular flexibility index (Phi) is 5.83. The maximum Gasteiger partial charge on any atom is 0.348 e. The number of Topliss-reactive ketones (excluding diaryl/α,β-unsaturated/α-hetero) is 1. The van der Waals surface area contributed by atoms with E-state index in [4.69, 9.17) is 10.5 Å². The lowest BCUT2D eigenvalue weighted by atomic mass is 9.90. The molecule has 28 heavy (non-hydrogen) atoms. The lowest BCUT2D eigenvalue weighted by molar-refractivity contribution is 0.0479. The molecule has 0 amide bonds. The number of aromatic nitrogens is 2. The Hall–Kier alpha value is -2.68. The Labute approximate surface area is 165 Å². The van der Waals surface area contributed by atoms with Gasteiger partial charge in [0.15, 0.2) is 6.61 Å². The number of esters is 1. The van der Waals surface area contributed by atoms with Crippen molar-refractivity contribution in [2.45, 2.75) is 46.1 Å². The second kappa shape index (κ2) is 8.14. The van der Waals surface area contributed by atoms with E-state index < -0.39 is 29.6 Å². The van der Waals surface area contributed by atoms with Gasteiger partial charge in [0, 0.05) is 11.4 Å². The van der Waals surface area contributed by atoms with Crippen molar-refractivity contribution in [2.75, 3.05) is 12.3 Å². The number of nitrogen functional groups attached to an aromatic ring is 1. The highest BCUT2D eigenvalue weighted by Crippen LogP contribution is 2.32. The molecule has 0 aliphatic heterocycles. The highest BCUT2D eigenvalue weighted by molar-refractivity contribution is 7.14. The van der Waals surface area contributed by atoms with Gasteiger partial charge in [-0.25, -0.2) is 9.59 Å². The molecule has 150 valence electrons. The molecule has 0 bridgehead atoms. The van der Waals surface area contributed by atoms with Crippen LogP contribution in [-0.4, -0.2) is 27.9 Å². The van der Waals surface area contributed by atoms with Crippen LogP contribution in [0.3, 0.4) is 0 Å². The number of ketones is 1. The summed E-state index contributed by atoms with van der Waals surface area (Å²) in [6.07, 6.45) is 3.57. The van der Waals surface area contributed by atoms with Gasteiger partial charge in [-0.2, -0.15) is 0 Å². The van der Waals surface area contributed by atoms with E-state index in [0.29, 0.717) is 17.2 Å². The molecular weight excluding hydrogens is 382 g/mol. The zero-order valence-corrected chi connectivity index (χ0v) is 16.7. The van der Waals surface area contributed by atoms with Gasteiger partial charge in [0.1, 0.15) is 16.3 Å². The number of fused-ring (bicyclic) bond motifs is 1. The van der Waals surface area contributed by atoms with E-state index >= 15 is 0 Å². The van der Waals surface area contributed by atoms with Crippen LogP contribution in [0.15, 0.2) is 15.7 Å². The van der Waals surface area contributed by atoms with Crippen LogP contribution in [0.5, 0.6) is 0 Å². The summed E-state index contributed by atoms with van der Waals surface area (Å²) in [5.74, 6) is -0.970. The number of aryl methyl sites for hydroxylation is 1. The van der Waals surface area contributed by atoms with Gasteiger partial charge in [0.05, 0.1) is 0 Å². The van der Waals surface area contributed by atoms with E-state index in [2.05, 4.69) is 11.9 Å². The molecule has 2 aromatic rings. The van der Waals surface area contributed by atoms with Crippen molar-refractivity contribution in [3.05, 3.63) is 47.8 Å². The first kappa shape index (κ1) is 20.1. The Morgan fingerprint density at radius 3 is 2.86 bits per heavy atom. The molecular formula is C19H23N3O5S. The minimum Gasteiger partial charge on any atom is -0.453 e. The standard InChI is InChI=1S/C19H23N3O5S/c1-3-6-22-16(20)15(17(24)21-19(22)26)12(23)9-27-18(25)14-8-11-7-10(2)4-5-13(11)28-14/h8,10H,3-7,9,20H2,1-2H3,(H,21,24,26)/t10-/m1/s1. The fourth-order valence-electron chi connectivity index (χ4n) is 3.38. The fraction of sp³-hybridized carbons (Fsp3) is 0.474. The quantitative estimate of drug-likeness (QED) is 0.557. The molecule has 9 heteroatoms. The number of carbonyl (C=O) groups excluding carboxylic acids is 2. The molecule has 0 saturated carbocycles. The van der Waals surface area contributed by atoms with Gasteiger partial charge in [-0.3, -0.25) is 19.1 Å². The average molecular weight is 405 g/mol. The topological polar surface area (TPSA) is 124 Å². The maximum atomic E-state index is 12.4. The highest BCUT2D eigenvalue weighted by atomic mass is 32.1. The molecule has 2 heterocycles. The van der Waals surface area contributed by atoms with E-state index in [1.165, 1.54) is 16.2 Å². The van der Waals surface area contributed by atoms with Crippen LogP contribution in [-0.2, 0) is 24.1 Å². The van der Waals surface area contributed by atoms with Crippen LogP contribution in [0.1, 0.15) is 57.2 Å². The van der Waals surface area contributed by atoms with Crippen molar-refractivity contribution in [1.82, 2.24) is 9.55 Å². The average Bonchev–Trinajstić information content (AvgIpc) is 3.06. The Morgan fingerprint density at radius 1 is 1.39 bits per heavy atom. The van der Waals surface area contributed by atoms with Gasteiger partial charge in [-0.15, -0.1) is 11.3 Å². The van der Waals surface area contributed by atoms with E-state index in [-0.39, 0.29) is 17.9 Å². The summed E-state index contributed by atoms with van der Waals surface area (Å²) in [5, 5.41) is 0. The summed E-state index contributed by atoms with van der Waals surface area (Å²) in [7, 11) is 0.